The fraction of sp³-hybridized carbons (Fsp3) is 0.893. The molecule has 4 rings (SSSR count). The first-order valence-electron chi connectivity index (χ1n) is 28.5. The van der Waals surface area contributed by atoms with Crippen LogP contribution in [0.3, 0.4) is 0 Å². The third-order valence-electron chi connectivity index (χ3n) is 16.3. The van der Waals surface area contributed by atoms with E-state index >= 15 is 0 Å². The summed E-state index contributed by atoms with van der Waals surface area (Å²) in [6, 6.07) is 0. The van der Waals surface area contributed by atoms with Gasteiger partial charge in [0.1, 0.15) is 19.8 Å². The summed E-state index contributed by atoms with van der Waals surface area (Å²) in [5, 5.41) is 10.8. The van der Waals surface area contributed by atoms with E-state index in [9.17, 15) is 33.9 Å². The van der Waals surface area contributed by atoms with Crippen LogP contribution in [0.1, 0.15) is 188 Å². The van der Waals surface area contributed by atoms with Crippen LogP contribution < -0.4 is 0 Å². The standard InChI is InChI=1S/C56H96N2O13S/c1-7-40-16-24-44(25-17-40)52(61)66-36-48(37-67-53(62)45-26-18-41(8-2)19-27-45)70-50(59)14-11-33-58(56(65)72-35-13-32-57(5)6)34-12-15-51(60)71-49(38-68-54(63)46-28-20-42(9-3)21-29-46)39-69-55(64)47-30-22-43(10-4)23-31-47/h40-49,52,61H,7-39H2,1-6H3. The Balaban J connectivity index is 1.32. The first kappa shape index (κ1) is 61.6. The van der Waals surface area contributed by atoms with E-state index in [4.69, 9.17) is 28.4 Å². The lowest BCUT2D eigenvalue weighted by molar-refractivity contribution is -0.184. The summed E-state index contributed by atoms with van der Waals surface area (Å²) >= 11 is 1.20. The van der Waals surface area contributed by atoms with Crippen LogP contribution in [0.2, 0.25) is 0 Å². The van der Waals surface area contributed by atoms with Gasteiger partial charge in [-0.3, -0.25) is 28.8 Å². The lowest BCUT2D eigenvalue weighted by Crippen LogP contribution is -2.36. The average molecular weight is 1040 g/mol. The fourth-order valence-electron chi connectivity index (χ4n) is 11.0. The molecule has 414 valence electrons. The van der Waals surface area contributed by atoms with Crippen molar-refractivity contribution >= 4 is 46.8 Å². The number of hydrogen-bond acceptors (Lipinski definition) is 15. The maximum Gasteiger partial charge on any atom is 0.309 e. The lowest BCUT2D eigenvalue weighted by Gasteiger charge is -2.31. The summed E-state index contributed by atoms with van der Waals surface area (Å²) in [5.41, 5.74) is 0. The highest BCUT2D eigenvalue weighted by Gasteiger charge is 2.33. The number of aliphatic hydroxyl groups is 1. The molecule has 2 unspecified atom stereocenters. The summed E-state index contributed by atoms with van der Waals surface area (Å²) in [6.45, 7) is 9.25. The van der Waals surface area contributed by atoms with E-state index in [2.05, 4.69) is 32.6 Å². The minimum absolute atomic E-state index is 0.0118. The second-order valence-electron chi connectivity index (χ2n) is 21.9. The Morgan fingerprint density at radius 3 is 1.22 bits per heavy atom. The van der Waals surface area contributed by atoms with Crippen molar-refractivity contribution in [3.05, 3.63) is 0 Å². The van der Waals surface area contributed by atoms with Crippen LogP contribution in [0.4, 0.5) is 4.79 Å². The van der Waals surface area contributed by atoms with E-state index in [-0.39, 0.29) is 112 Å². The topological polar surface area (TPSA) is 185 Å². The third-order valence-corrected chi connectivity index (χ3v) is 17.3. The molecular weight excluding hydrogens is 941 g/mol. The van der Waals surface area contributed by atoms with E-state index in [1.165, 1.54) is 11.8 Å². The monoisotopic (exact) mass is 1040 g/mol. The van der Waals surface area contributed by atoms with Crippen molar-refractivity contribution in [1.82, 2.24) is 9.80 Å². The van der Waals surface area contributed by atoms with Gasteiger partial charge in [-0.25, -0.2) is 0 Å². The van der Waals surface area contributed by atoms with Crippen LogP contribution in [0.5, 0.6) is 0 Å². The Kier molecular flexibility index (Phi) is 29.6. The predicted octanol–water partition coefficient (Wildman–Crippen LogP) is 10.3. The molecule has 0 aliphatic heterocycles. The summed E-state index contributed by atoms with van der Waals surface area (Å²) in [4.78, 5) is 83.5. The lowest BCUT2D eigenvalue weighted by atomic mass is 9.80. The number of rotatable bonds is 31. The van der Waals surface area contributed by atoms with E-state index in [0.29, 0.717) is 29.4 Å². The van der Waals surface area contributed by atoms with Gasteiger partial charge in [-0.05, 0) is 153 Å². The maximum absolute atomic E-state index is 13.6. The third kappa shape index (κ3) is 23.3. The molecule has 0 radical (unpaired) electrons. The SMILES string of the molecule is CCC1CCC(C(=O)OCC(COC(=O)C2CCC(CC)CC2)OC(=O)CCCN(CCCC(=O)OC(COC(=O)C2CCC(CC)CC2)COC(O)C2CCC(CC)CC2)C(=O)SCCCN(C)C)CC1. The molecule has 2 atom stereocenters. The van der Waals surface area contributed by atoms with E-state index in [0.717, 1.165) is 141 Å². The Morgan fingerprint density at radius 1 is 0.500 bits per heavy atom. The molecule has 0 spiro atoms. The zero-order chi connectivity index (χ0) is 52.3. The first-order chi connectivity index (χ1) is 34.7. The fourth-order valence-corrected chi connectivity index (χ4v) is 11.8. The van der Waals surface area contributed by atoms with Crippen molar-refractivity contribution in [2.75, 3.05) is 65.9 Å². The van der Waals surface area contributed by atoms with Crippen molar-refractivity contribution < 1.29 is 62.3 Å². The molecule has 16 heteroatoms. The molecule has 1 N–H and O–H groups in total. The van der Waals surface area contributed by atoms with Crippen LogP contribution in [0.15, 0.2) is 0 Å². The maximum atomic E-state index is 13.6. The van der Waals surface area contributed by atoms with Crippen LogP contribution in [0, 0.1) is 47.3 Å². The summed E-state index contributed by atoms with van der Waals surface area (Å²) in [6.07, 6.45) is 17.1. The molecule has 0 bridgehead atoms. The summed E-state index contributed by atoms with van der Waals surface area (Å²) in [5.74, 6) is 0.478. The highest BCUT2D eigenvalue weighted by Crippen LogP contribution is 2.35. The molecule has 0 aromatic rings. The van der Waals surface area contributed by atoms with Gasteiger partial charge in [0.2, 0.25) is 0 Å². The predicted molar refractivity (Wildman–Crippen MR) is 279 cm³/mol. The van der Waals surface area contributed by atoms with Gasteiger partial charge < -0.3 is 43.3 Å². The molecule has 4 aliphatic carbocycles. The van der Waals surface area contributed by atoms with Crippen molar-refractivity contribution in [3.63, 3.8) is 0 Å². The van der Waals surface area contributed by atoms with E-state index < -0.39 is 30.4 Å². The molecule has 4 fully saturated rings. The Labute approximate surface area is 437 Å². The zero-order valence-electron chi connectivity index (χ0n) is 45.3. The van der Waals surface area contributed by atoms with Crippen molar-refractivity contribution in [1.29, 1.82) is 0 Å². The molecular formula is C56H96N2O13S. The number of esters is 5. The second-order valence-corrected chi connectivity index (χ2v) is 22.9. The molecule has 0 aromatic carbocycles. The minimum Gasteiger partial charge on any atom is -0.461 e. The highest BCUT2D eigenvalue weighted by atomic mass is 32.2. The highest BCUT2D eigenvalue weighted by molar-refractivity contribution is 8.13. The van der Waals surface area contributed by atoms with E-state index in [1.54, 1.807) is 4.90 Å². The van der Waals surface area contributed by atoms with Crippen molar-refractivity contribution in [2.45, 2.75) is 207 Å². The molecule has 0 heterocycles. The number of ether oxygens (including phenoxy) is 6. The van der Waals surface area contributed by atoms with Crippen molar-refractivity contribution in [2.24, 2.45) is 47.3 Å². The molecule has 15 nitrogen and oxygen atoms in total. The smallest absolute Gasteiger partial charge is 0.309 e. The zero-order valence-corrected chi connectivity index (χ0v) is 46.2. The largest absolute Gasteiger partial charge is 0.461 e. The number of nitrogens with zero attached hydrogens (tertiary/aromatic N) is 2. The minimum atomic E-state index is -1.02. The van der Waals surface area contributed by atoms with Gasteiger partial charge in [0, 0.05) is 37.6 Å². The van der Waals surface area contributed by atoms with Gasteiger partial charge in [-0.1, -0.05) is 78.0 Å². The Morgan fingerprint density at radius 2 is 0.861 bits per heavy atom. The number of carbonyl (C=O) groups excluding carboxylic acids is 6. The molecule has 0 saturated heterocycles. The van der Waals surface area contributed by atoms with Gasteiger partial charge in [0.15, 0.2) is 18.5 Å². The number of thioether (sulfide) groups is 1. The summed E-state index contributed by atoms with van der Waals surface area (Å²) < 4.78 is 34.7. The summed E-state index contributed by atoms with van der Waals surface area (Å²) in [7, 11) is 3.95. The first-order valence-corrected chi connectivity index (χ1v) is 29.4. The molecule has 72 heavy (non-hydrogen) atoms. The van der Waals surface area contributed by atoms with Crippen LogP contribution >= 0.6 is 11.8 Å². The molecule has 0 aromatic heterocycles. The van der Waals surface area contributed by atoms with Gasteiger partial charge in [0.25, 0.3) is 5.24 Å². The van der Waals surface area contributed by atoms with Gasteiger partial charge >= 0.3 is 29.8 Å². The normalized spacial score (nSPS) is 25.9. The average Bonchev–Trinajstić information content (AvgIpc) is 3.40. The van der Waals surface area contributed by atoms with Gasteiger partial charge in [-0.15, -0.1) is 0 Å². The van der Waals surface area contributed by atoms with Crippen LogP contribution in [0.25, 0.3) is 0 Å². The number of carbonyl (C=O) groups is 6. The molecule has 1 amide bonds. The Hall–Kier alpha value is -2.95. The quantitative estimate of drug-likeness (QED) is 0.0299. The van der Waals surface area contributed by atoms with Crippen LogP contribution in [-0.2, 0) is 52.4 Å². The second kappa shape index (κ2) is 34.6. The molecule has 4 aliphatic rings. The van der Waals surface area contributed by atoms with Crippen LogP contribution in [-0.4, -0.2) is 134 Å². The van der Waals surface area contributed by atoms with Crippen molar-refractivity contribution in [3.8, 4) is 0 Å². The van der Waals surface area contributed by atoms with Gasteiger partial charge in [-0.2, -0.15) is 0 Å². The Bertz CT molecular complexity index is 1550. The number of amides is 1. The number of aliphatic hydroxyl groups excluding tert-OH is 1. The van der Waals surface area contributed by atoms with Gasteiger partial charge in [0.05, 0.1) is 24.4 Å². The molecule has 4 saturated carbocycles. The van der Waals surface area contributed by atoms with E-state index in [1.807, 2.05) is 14.1 Å². The number of hydrogen-bond donors (Lipinski definition) is 1.